The highest BCUT2D eigenvalue weighted by molar-refractivity contribution is 6.31. The van der Waals surface area contributed by atoms with Crippen LogP contribution in [0.2, 0.25) is 5.02 Å². The lowest BCUT2D eigenvalue weighted by Gasteiger charge is -2.32. The van der Waals surface area contributed by atoms with Crippen molar-refractivity contribution >= 4 is 35.0 Å². The zero-order valence-corrected chi connectivity index (χ0v) is 19.5. The third-order valence-corrected chi connectivity index (χ3v) is 6.49. The van der Waals surface area contributed by atoms with Gasteiger partial charge in [-0.25, -0.2) is 0 Å². The Bertz CT molecular complexity index is 877. The molecule has 1 aliphatic carbocycles. The van der Waals surface area contributed by atoms with E-state index >= 15 is 0 Å². The minimum Gasteiger partial charge on any atom is -0.351 e. The van der Waals surface area contributed by atoms with Gasteiger partial charge in [0.05, 0.1) is 0 Å². The number of nitrogens with one attached hydrogen (secondary N) is 1. The second-order valence-electron chi connectivity index (χ2n) is 8.26. The van der Waals surface area contributed by atoms with Gasteiger partial charge in [-0.1, -0.05) is 85.3 Å². The van der Waals surface area contributed by atoms with Crippen LogP contribution >= 0.6 is 23.2 Å². The van der Waals surface area contributed by atoms with Crippen molar-refractivity contribution in [3.63, 3.8) is 0 Å². The van der Waals surface area contributed by atoms with E-state index in [1.165, 1.54) is 12.8 Å². The molecule has 0 saturated heterocycles. The average Bonchev–Trinajstić information content (AvgIpc) is 3.04. The fraction of sp³-hybridized carbons (Fsp3) is 0.440. The Morgan fingerprint density at radius 1 is 1.03 bits per heavy atom. The first-order valence-electron chi connectivity index (χ1n) is 11.0. The van der Waals surface area contributed by atoms with Gasteiger partial charge in [0.2, 0.25) is 11.8 Å². The van der Waals surface area contributed by atoms with Crippen LogP contribution in [0.5, 0.6) is 0 Å². The van der Waals surface area contributed by atoms with E-state index in [0.717, 1.165) is 42.4 Å². The number of carbonyl (C=O) groups excluding carboxylic acids is 2. The second kappa shape index (κ2) is 11.5. The standard InChI is InChI=1S/C25H30Cl2N2O2/c1-18-12-14-19(15-13-18)24(25(31)28-21-9-4-2-3-5-10-21)29(23(30)16-26)17-20-8-6-7-11-22(20)27/h6-8,11-15,21,24H,2-5,9-10,16-17H2,1H3,(H,28,31)/t24-/m0/s1. The fourth-order valence-corrected chi connectivity index (χ4v) is 4.48. The summed E-state index contributed by atoms with van der Waals surface area (Å²) in [6.45, 7) is 2.21. The van der Waals surface area contributed by atoms with Crippen LogP contribution in [0, 0.1) is 6.92 Å². The van der Waals surface area contributed by atoms with Crippen LogP contribution in [0.4, 0.5) is 0 Å². The van der Waals surface area contributed by atoms with Crippen molar-refractivity contribution < 1.29 is 9.59 Å². The molecule has 6 heteroatoms. The first kappa shape index (κ1) is 23.6. The number of benzene rings is 2. The van der Waals surface area contributed by atoms with Crippen molar-refractivity contribution in [3.05, 3.63) is 70.2 Å². The quantitative estimate of drug-likeness (QED) is 0.419. The summed E-state index contributed by atoms with van der Waals surface area (Å²) >= 11 is 12.3. The number of aryl methyl sites for hydroxylation is 1. The molecule has 4 nitrogen and oxygen atoms in total. The van der Waals surface area contributed by atoms with Crippen LogP contribution in [-0.2, 0) is 16.1 Å². The number of rotatable bonds is 7. The molecular formula is C25H30Cl2N2O2. The molecule has 1 aliphatic rings. The third kappa shape index (κ3) is 6.47. The van der Waals surface area contributed by atoms with Gasteiger partial charge < -0.3 is 10.2 Å². The summed E-state index contributed by atoms with van der Waals surface area (Å²) in [4.78, 5) is 28.0. The summed E-state index contributed by atoms with van der Waals surface area (Å²) in [6.07, 6.45) is 6.59. The van der Waals surface area contributed by atoms with Gasteiger partial charge in [0.25, 0.3) is 0 Å². The monoisotopic (exact) mass is 460 g/mol. The SMILES string of the molecule is Cc1ccc([C@@H](C(=O)NC2CCCCCC2)N(Cc2ccccc2Cl)C(=O)CCl)cc1. The number of hydrogen-bond acceptors (Lipinski definition) is 2. The molecule has 2 aromatic carbocycles. The highest BCUT2D eigenvalue weighted by atomic mass is 35.5. The van der Waals surface area contributed by atoms with E-state index in [-0.39, 0.29) is 30.3 Å². The summed E-state index contributed by atoms with van der Waals surface area (Å²) in [6, 6.07) is 14.5. The predicted molar refractivity (Wildman–Crippen MR) is 126 cm³/mol. The molecule has 0 spiro atoms. The lowest BCUT2D eigenvalue weighted by atomic mass is 10.0. The summed E-state index contributed by atoms with van der Waals surface area (Å²) in [5, 5.41) is 3.78. The molecule has 0 heterocycles. The molecule has 0 bridgehead atoms. The Hall–Kier alpha value is -2.04. The summed E-state index contributed by atoms with van der Waals surface area (Å²) in [5.74, 6) is -0.673. The number of hydrogen-bond donors (Lipinski definition) is 1. The van der Waals surface area contributed by atoms with E-state index in [2.05, 4.69) is 5.32 Å². The summed E-state index contributed by atoms with van der Waals surface area (Å²) in [5.41, 5.74) is 2.64. The average molecular weight is 461 g/mol. The second-order valence-corrected chi connectivity index (χ2v) is 8.93. The molecule has 0 aromatic heterocycles. The van der Waals surface area contributed by atoms with Crippen LogP contribution in [-0.4, -0.2) is 28.6 Å². The van der Waals surface area contributed by atoms with Gasteiger partial charge in [0.15, 0.2) is 0 Å². The summed E-state index contributed by atoms with van der Waals surface area (Å²) in [7, 11) is 0. The molecule has 1 atom stereocenters. The highest BCUT2D eigenvalue weighted by Gasteiger charge is 2.32. The van der Waals surface area contributed by atoms with Gasteiger partial charge in [0, 0.05) is 17.6 Å². The molecule has 0 aliphatic heterocycles. The van der Waals surface area contributed by atoms with E-state index in [4.69, 9.17) is 23.2 Å². The van der Waals surface area contributed by atoms with E-state index in [9.17, 15) is 9.59 Å². The minimum absolute atomic E-state index is 0.135. The van der Waals surface area contributed by atoms with Crippen LogP contribution < -0.4 is 5.32 Å². The molecular weight excluding hydrogens is 431 g/mol. The topological polar surface area (TPSA) is 49.4 Å². The molecule has 3 rings (SSSR count). The number of halogens is 2. The molecule has 166 valence electrons. The van der Waals surface area contributed by atoms with Crippen molar-refractivity contribution in [2.75, 3.05) is 5.88 Å². The lowest BCUT2D eigenvalue weighted by molar-refractivity contribution is -0.140. The smallest absolute Gasteiger partial charge is 0.247 e. The maximum atomic E-state index is 13.6. The van der Waals surface area contributed by atoms with Crippen molar-refractivity contribution in [2.45, 2.75) is 64.1 Å². The molecule has 1 N–H and O–H groups in total. The van der Waals surface area contributed by atoms with Crippen molar-refractivity contribution in [1.29, 1.82) is 0 Å². The van der Waals surface area contributed by atoms with Gasteiger partial charge in [-0.2, -0.15) is 0 Å². The van der Waals surface area contributed by atoms with Crippen LogP contribution in [0.1, 0.15) is 61.3 Å². The van der Waals surface area contributed by atoms with Crippen LogP contribution in [0.15, 0.2) is 48.5 Å². The Balaban J connectivity index is 1.94. The van der Waals surface area contributed by atoms with Gasteiger partial charge in [-0.05, 0) is 37.0 Å². The van der Waals surface area contributed by atoms with Crippen LogP contribution in [0.3, 0.4) is 0 Å². The molecule has 2 amide bonds. The van der Waals surface area contributed by atoms with Gasteiger partial charge in [-0.15, -0.1) is 11.6 Å². The van der Waals surface area contributed by atoms with Gasteiger partial charge >= 0.3 is 0 Å². The normalized spacial score (nSPS) is 15.7. The highest BCUT2D eigenvalue weighted by Crippen LogP contribution is 2.28. The van der Waals surface area contributed by atoms with E-state index < -0.39 is 6.04 Å². The Morgan fingerprint density at radius 2 is 1.68 bits per heavy atom. The van der Waals surface area contributed by atoms with Crippen molar-refractivity contribution in [1.82, 2.24) is 10.2 Å². The maximum Gasteiger partial charge on any atom is 0.247 e. The molecule has 0 radical (unpaired) electrons. The molecule has 2 aromatic rings. The van der Waals surface area contributed by atoms with Gasteiger partial charge in [0.1, 0.15) is 11.9 Å². The molecule has 1 fully saturated rings. The molecule has 1 saturated carbocycles. The van der Waals surface area contributed by atoms with E-state index in [0.29, 0.717) is 5.02 Å². The number of amides is 2. The number of nitrogens with zero attached hydrogens (tertiary/aromatic N) is 1. The number of carbonyl (C=O) groups is 2. The maximum absolute atomic E-state index is 13.6. The Labute approximate surface area is 194 Å². The molecule has 0 unspecified atom stereocenters. The van der Waals surface area contributed by atoms with Crippen LogP contribution in [0.25, 0.3) is 0 Å². The fourth-order valence-electron chi connectivity index (χ4n) is 4.14. The van der Waals surface area contributed by atoms with E-state index in [1.807, 2.05) is 49.4 Å². The minimum atomic E-state index is -0.772. The van der Waals surface area contributed by atoms with Crippen molar-refractivity contribution in [2.24, 2.45) is 0 Å². The largest absolute Gasteiger partial charge is 0.351 e. The first-order chi connectivity index (χ1) is 15.0. The third-order valence-electron chi connectivity index (χ3n) is 5.89. The van der Waals surface area contributed by atoms with E-state index in [1.54, 1.807) is 11.0 Å². The predicted octanol–water partition coefficient (Wildman–Crippen LogP) is 5.80. The zero-order valence-electron chi connectivity index (χ0n) is 17.9. The zero-order chi connectivity index (χ0) is 22.2. The Morgan fingerprint density at radius 3 is 2.29 bits per heavy atom. The number of alkyl halides is 1. The van der Waals surface area contributed by atoms with Crippen molar-refractivity contribution in [3.8, 4) is 0 Å². The first-order valence-corrected chi connectivity index (χ1v) is 11.9. The van der Waals surface area contributed by atoms with Gasteiger partial charge in [-0.3, -0.25) is 9.59 Å². The molecule has 31 heavy (non-hydrogen) atoms. The summed E-state index contributed by atoms with van der Waals surface area (Å²) < 4.78 is 0. The lowest BCUT2D eigenvalue weighted by Crippen LogP contribution is -2.46. The Kier molecular flexibility index (Phi) is 8.79.